The molecule has 0 aliphatic carbocycles. The van der Waals surface area contributed by atoms with Gasteiger partial charge in [0.1, 0.15) is 0 Å². The molecule has 3 aromatic rings. The highest BCUT2D eigenvalue weighted by Gasteiger charge is 1.99. The molecule has 0 nitrogen and oxygen atoms in total. The van der Waals surface area contributed by atoms with Gasteiger partial charge in [0, 0.05) is 44.3 Å². The van der Waals surface area contributed by atoms with Gasteiger partial charge in [-0.1, -0.05) is 60.7 Å². The summed E-state index contributed by atoms with van der Waals surface area (Å²) in [6, 6.07) is 30.5. The molecular weight excluding hydrogens is 417 g/mol. The van der Waals surface area contributed by atoms with Crippen molar-refractivity contribution < 1.29 is 0 Å². The fraction of sp³-hybridized carbons (Fsp3) is 0.250. The van der Waals surface area contributed by atoms with E-state index in [1.54, 1.807) is 0 Å². The van der Waals surface area contributed by atoms with Gasteiger partial charge in [0.25, 0.3) is 0 Å². The number of hydrogen-bond acceptors (Lipinski definition) is 4. The van der Waals surface area contributed by atoms with E-state index in [0.29, 0.717) is 0 Å². The average molecular weight is 443 g/mol. The van der Waals surface area contributed by atoms with Crippen LogP contribution >= 0.6 is 47.0 Å². The largest absolute Gasteiger partial charge is 0.156 e. The van der Waals surface area contributed by atoms with Crippen LogP contribution < -0.4 is 0 Å². The smallest absolute Gasteiger partial charge is 0.0184 e. The molecule has 0 radical (unpaired) electrons. The molecule has 0 saturated carbocycles. The van der Waals surface area contributed by atoms with Crippen LogP contribution in [0.15, 0.2) is 94.7 Å². The lowest BCUT2D eigenvalue weighted by Crippen LogP contribution is -1.88. The summed E-state index contributed by atoms with van der Waals surface area (Å²) in [5, 5.41) is 0. The van der Waals surface area contributed by atoms with Gasteiger partial charge in [-0.3, -0.25) is 0 Å². The molecular formula is C24H26S4. The third-order valence-electron chi connectivity index (χ3n) is 4.04. The van der Waals surface area contributed by atoms with Crippen LogP contribution in [0.25, 0.3) is 0 Å². The fourth-order valence-electron chi connectivity index (χ4n) is 2.60. The van der Waals surface area contributed by atoms with Crippen LogP contribution in [-0.2, 0) is 11.5 Å². The average Bonchev–Trinajstić information content (AvgIpc) is 2.76. The van der Waals surface area contributed by atoms with Gasteiger partial charge in [-0.05, 0) is 35.4 Å². The molecule has 0 N–H and O–H groups in total. The molecule has 0 aliphatic heterocycles. The lowest BCUT2D eigenvalue weighted by atomic mass is 10.2. The molecule has 28 heavy (non-hydrogen) atoms. The Bertz CT molecular complexity index is 704. The van der Waals surface area contributed by atoms with Crippen LogP contribution in [0.2, 0.25) is 0 Å². The van der Waals surface area contributed by atoms with Crippen LogP contribution in [0.4, 0.5) is 0 Å². The van der Waals surface area contributed by atoms with Crippen molar-refractivity contribution in [2.45, 2.75) is 21.3 Å². The molecule has 0 amide bonds. The third-order valence-corrected chi connectivity index (χ3v) is 8.64. The molecule has 0 saturated heterocycles. The monoisotopic (exact) mass is 442 g/mol. The lowest BCUT2D eigenvalue weighted by Gasteiger charge is -2.05. The second kappa shape index (κ2) is 13.3. The zero-order valence-electron chi connectivity index (χ0n) is 16.0. The third kappa shape index (κ3) is 8.60. The van der Waals surface area contributed by atoms with E-state index in [4.69, 9.17) is 0 Å². The minimum atomic E-state index is 1.11. The van der Waals surface area contributed by atoms with Gasteiger partial charge in [-0.2, -0.15) is 23.5 Å². The van der Waals surface area contributed by atoms with Gasteiger partial charge in [-0.15, -0.1) is 23.5 Å². The van der Waals surface area contributed by atoms with Crippen molar-refractivity contribution in [3.05, 3.63) is 96.1 Å². The first-order valence-electron chi connectivity index (χ1n) is 9.49. The first-order chi connectivity index (χ1) is 13.9. The number of hydrogen-bond donors (Lipinski definition) is 0. The van der Waals surface area contributed by atoms with Gasteiger partial charge >= 0.3 is 0 Å². The van der Waals surface area contributed by atoms with Crippen molar-refractivity contribution in [3.63, 3.8) is 0 Å². The molecule has 3 aromatic carbocycles. The van der Waals surface area contributed by atoms with Crippen LogP contribution in [0.1, 0.15) is 11.1 Å². The van der Waals surface area contributed by atoms with E-state index >= 15 is 0 Å². The molecule has 0 heterocycles. The Morgan fingerprint density at radius 3 is 1.21 bits per heavy atom. The zero-order chi connectivity index (χ0) is 19.3. The standard InChI is InChI=1S/C24H26S4/c1-3-7-21(8-4-1)19-25-15-17-27-23-11-13-24(14-12-23)28-18-16-26-20-22-9-5-2-6-10-22/h1-14H,15-20H2. The maximum Gasteiger partial charge on any atom is 0.0184 e. The molecule has 0 aliphatic rings. The van der Waals surface area contributed by atoms with E-state index in [0.717, 1.165) is 11.5 Å². The highest BCUT2D eigenvalue weighted by atomic mass is 32.2. The summed E-state index contributed by atoms with van der Waals surface area (Å²) in [5.74, 6) is 6.93. The predicted octanol–water partition coefficient (Wildman–Crippen LogP) is 7.74. The Morgan fingerprint density at radius 2 is 0.821 bits per heavy atom. The van der Waals surface area contributed by atoms with Crippen LogP contribution in [0.5, 0.6) is 0 Å². The van der Waals surface area contributed by atoms with Gasteiger partial charge in [0.05, 0.1) is 0 Å². The fourth-order valence-corrected chi connectivity index (χ4v) is 6.48. The zero-order valence-corrected chi connectivity index (χ0v) is 19.2. The summed E-state index contributed by atoms with van der Waals surface area (Å²) in [6.07, 6.45) is 0. The molecule has 0 bridgehead atoms. The second-order valence-electron chi connectivity index (χ2n) is 6.24. The molecule has 0 fully saturated rings. The summed E-state index contributed by atoms with van der Waals surface area (Å²) in [5.41, 5.74) is 2.83. The van der Waals surface area contributed by atoms with Gasteiger partial charge in [0.15, 0.2) is 0 Å². The quantitative estimate of drug-likeness (QED) is 0.208. The van der Waals surface area contributed by atoms with Crippen LogP contribution in [0.3, 0.4) is 0 Å². The summed E-state index contributed by atoms with van der Waals surface area (Å²) in [4.78, 5) is 2.76. The lowest BCUT2D eigenvalue weighted by molar-refractivity contribution is 1.34. The van der Waals surface area contributed by atoms with E-state index < -0.39 is 0 Å². The Labute approximate surface area is 186 Å². The van der Waals surface area contributed by atoms with Crippen molar-refractivity contribution in [2.24, 2.45) is 0 Å². The minimum absolute atomic E-state index is 1.11. The molecule has 0 spiro atoms. The predicted molar refractivity (Wildman–Crippen MR) is 133 cm³/mol. The summed E-state index contributed by atoms with van der Waals surface area (Å²) in [7, 11) is 0. The number of thioether (sulfide) groups is 4. The maximum absolute atomic E-state index is 2.27. The Morgan fingerprint density at radius 1 is 0.429 bits per heavy atom. The second-order valence-corrected chi connectivity index (χ2v) is 10.8. The SMILES string of the molecule is c1ccc(CSCCSc2ccc(SCCSCc3ccccc3)cc2)cc1. The number of rotatable bonds is 12. The van der Waals surface area contributed by atoms with Crippen LogP contribution in [-0.4, -0.2) is 23.0 Å². The molecule has 3 rings (SSSR count). The molecule has 0 unspecified atom stereocenters. The molecule has 4 heteroatoms. The van der Waals surface area contributed by atoms with Gasteiger partial charge in [-0.25, -0.2) is 0 Å². The van der Waals surface area contributed by atoms with Gasteiger partial charge < -0.3 is 0 Å². The normalized spacial score (nSPS) is 10.9. The maximum atomic E-state index is 2.27. The minimum Gasteiger partial charge on any atom is -0.156 e. The Hall–Kier alpha value is -0.940. The van der Waals surface area contributed by atoms with E-state index in [1.165, 1.54) is 43.9 Å². The van der Waals surface area contributed by atoms with Crippen molar-refractivity contribution >= 4 is 47.0 Å². The highest BCUT2D eigenvalue weighted by Crippen LogP contribution is 2.25. The van der Waals surface area contributed by atoms with Crippen molar-refractivity contribution in [1.29, 1.82) is 0 Å². The van der Waals surface area contributed by atoms with E-state index in [-0.39, 0.29) is 0 Å². The van der Waals surface area contributed by atoms with Crippen LogP contribution in [0, 0.1) is 0 Å². The molecule has 0 aromatic heterocycles. The summed E-state index contributed by atoms with van der Waals surface area (Å²) >= 11 is 7.95. The van der Waals surface area contributed by atoms with Gasteiger partial charge in [0.2, 0.25) is 0 Å². The van der Waals surface area contributed by atoms with E-state index in [1.807, 2.05) is 47.0 Å². The van der Waals surface area contributed by atoms with Crippen molar-refractivity contribution in [2.75, 3.05) is 23.0 Å². The van der Waals surface area contributed by atoms with Crippen molar-refractivity contribution in [1.82, 2.24) is 0 Å². The Kier molecular flexibility index (Phi) is 10.3. The van der Waals surface area contributed by atoms with E-state index in [2.05, 4.69) is 84.9 Å². The highest BCUT2D eigenvalue weighted by molar-refractivity contribution is 8.03. The summed E-state index contributed by atoms with van der Waals surface area (Å²) < 4.78 is 0. The Balaban J connectivity index is 1.25. The van der Waals surface area contributed by atoms with Crippen molar-refractivity contribution in [3.8, 4) is 0 Å². The first-order valence-corrected chi connectivity index (χ1v) is 13.8. The first kappa shape index (κ1) is 21.8. The topological polar surface area (TPSA) is 0 Å². The molecule has 0 atom stereocenters. The number of benzene rings is 3. The molecule has 146 valence electrons. The summed E-state index contributed by atoms with van der Waals surface area (Å²) in [6.45, 7) is 0. The van der Waals surface area contributed by atoms with E-state index in [9.17, 15) is 0 Å².